The van der Waals surface area contributed by atoms with Gasteiger partial charge in [-0.15, -0.1) is 0 Å². The molecule has 0 atom stereocenters. The van der Waals surface area contributed by atoms with Crippen LogP contribution in [-0.4, -0.2) is 18.1 Å². The van der Waals surface area contributed by atoms with Crippen molar-refractivity contribution in [1.29, 1.82) is 0 Å². The van der Waals surface area contributed by atoms with E-state index < -0.39 is 28.9 Å². The normalized spacial score (nSPS) is 10.2. The molecular weight excluding hydrogens is 268 g/mol. The number of rotatable bonds is 3. The number of halogens is 2. The molecule has 2 N–H and O–H groups in total. The van der Waals surface area contributed by atoms with Gasteiger partial charge in [0.25, 0.3) is 5.91 Å². The largest absolute Gasteiger partial charge is 0.507 e. The number of carbonyl (C=O) groups is 1. The highest BCUT2D eigenvalue weighted by Gasteiger charge is 2.17. The van der Waals surface area contributed by atoms with Gasteiger partial charge in [-0.05, 0) is 24.3 Å². The van der Waals surface area contributed by atoms with Crippen LogP contribution in [0.3, 0.4) is 0 Å². The number of hydrogen-bond acceptors (Lipinski definition) is 3. The Balaban J connectivity index is 2.26. The van der Waals surface area contributed by atoms with Crippen molar-refractivity contribution >= 4 is 11.6 Å². The molecule has 20 heavy (non-hydrogen) atoms. The van der Waals surface area contributed by atoms with E-state index in [-0.39, 0.29) is 11.4 Å². The van der Waals surface area contributed by atoms with Crippen LogP contribution in [0.1, 0.15) is 10.4 Å². The van der Waals surface area contributed by atoms with Crippen molar-refractivity contribution < 1.29 is 23.4 Å². The fourth-order valence-corrected chi connectivity index (χ4v) is 1.68. The van der Waals surface area contributed by atoms with Gasteiger partial charge in [0.1, 0.15) is 17.1 Å². The summed E-state index contributed by atoms with van der Waals surface area (Å²) in [5, 5.41) is 11.8. The molecular formula is C14H11F2NO3. The van der Waals surface area contributed by atoms with E-state index in [4.69, 9.17) is 4.74 Å². The van der Waals surface area contributed by atoms with Crippen LogP contribution in [-0.2, 0) is 0 Å². The molecule has 4 nitrogen and oxygen atoms in total. The molecule has 0 aliphatic heterocycles. The van der Waals surface area contributed by atoms with Crippen molar-refractivity contribution in [2.24, 2.45) is 0 Å². The number of carbonyl (C=O) groups excluding carboxylic acids is 1. The summed E-state index contributed by atoms with van der Waals surface area (Å²) in [6.07, 6.45) is 0. The first kappa shape index (κ1) is 13.8. The highest BCUT2D eigenvalue weighted by Crippen LogP contribution is 2.24. The number of amides is 1. The van der Waals surface area contributed by atoms with Crippen LogP contribution < -0.4 is 10.1 Å². The smallest absolute Gasteiger partial charge is 0.262 e. The van der Waals surface area contributed by atoms with Gasteiger partial charge in [0.15, 0.2) is 11.6 Å². The van der Waals surface area contributed by atoms with Gasteiger partial charge in [0.05, 0.1) is 7.11 Å². The van der Waals surface area contributed by atoms with Gasteiger partial charge in [0, 0.05) is 11.8 Å². The Kier molecular flexibility index (Phi) is 3.84. The lowest BCUT2D eigenvalue weighted by Crippen LogP contribution is -2.14. The Bertz CT molecular complexity index is 639. The number of benzene rings is 2. The van der Waals surface area contributed by atoms with Crippen molar-refractivity contribution in [2.45, 2.75) is 0 Å². The molecule has 2 rings (SSSR count). The Morgan fingerprint density at radius 3 is 2.55 bits per heavy atom. The van der Waals surface area contributed by atoms with E-state index in [1.807, 2.05) is 0 Å². The molecule has 6 heteroatoms. The Hall–Kier alpha value is -2.63. The van der Waals surface area contributed by atoms with E-state index in [2.05, 4.69) is 5.32 Å². The van der Waals surface area contributed by atoms with E-state index >= 15 is 0 Å². The monoisotopic (exact) mass is 279 g/mol. The summed E-state index contributed by atoms with van der Waals surface area (Å²) in [6, 6.07) is 7.27. The molecule has 0 aliphatic carbocycles. The quantitative estimate of drug-likeness (QED) is 0.908. The highest BCUT2D eigenvalue weighted by atomic mass is 19.1. The molecule has 0 aliphatic rings. The molecule has 0 aromatic heterocycles. The van der Waals surface area contributed by atoms with Gasteiger partial charge in [-0.1, -0.05) is 6.07 Å². The molecule has 104 valence electrons. The Morgan fingerprint density at radius 1 is 1.20 bits per heavy atom. The second-order valence-corrected chi connectivity index (χ2v) is 3.94. The molecule has 0 saturated heterocycles. The third kappa shape index (κ3) is 2.69. The lowest BCUT2D eigenvalue weighted by molar-refractivity contribution is 0.102. The Labute approximate surface area is 113 Å². The zero-order valence-corrected chi connectivity index (χ0v) is 10.5. The number of aromatic hydroxyl groups is 1. The SMILES string of the molecule is COc1ccc(NC(=O)c2c(O)cccc2F)cc1F. The van der Waals surface area contributed by atoms with Crippen LogP contribution in [0.2, 0.25) is 0 Å². The van der Waals surface area contributed by atoms with Gasteiger partial charge in [-0.2, -0.15) is 0 Å². The zero-order valence-electron chi connectivity index (χ0n) is 10.5. The molecule has 2 aromatic carbocycles. The van der Waals surface area contributed by atoms with Gasteiger partial charge >= 0.3 is 0 Å². The third-order valence-corrected chi connectivity index (χ3v) is 2.63. The molecule has 1 amide bonds. The van der Waals surface area contributed by atoms with Gasteiger partial charge in [0.2, 0.25) is 0 Å². The van der Waals surface area contributed by atoms with Crippen molar-refractivity contribution in [2.75, 3.05) is 12.4 Å². The van der Waals surface area contributed by atoms with Crippen LogP contribution >= 0.6 is 0 Å². The average molecular weight is 279 g/mol. The van der Waals surface area contributed by atoms with E-state index in [9.17, 15) is 18.7 Å². The lowest BCUT2D eigenvalue weighted by atomic mass is 10.1. The lowest BCUT2D eigenvalue weighted by Gasteiger charge is -2.09. The van der Waals surface area contributed by atoms with Gasteiger partial charge in [-0.25, -0.2) is 8.78 Å². The van der Waals surface area contributed by atoms with Crippen molar-refractivity contribution in [1.82, 2.24) is 0 Å². The van der Waals surface area contributed by atoms with Crippen LogP contribution in [0, 0.1) is 11.6 Å². The summed E-state index contributed by atoms with van der Waals surface area (Å²) in [6.45, 7) is 0. The molecule has 0 heterocycles. The molecule has 2 aromatic rings. The zero-order chi connectivity index (χ0) is 14.7. The molecule has 0 spiro atoms. The number of phenolic OH excluding ortho intramolecular Hbond substituents is 1. The number of anilines is 1. The standard InChI is InChI=1S/C14H11F2NO3/c1-20-12-6-5-8(7-10(12)16)17-14(19)13-9(15)3-2-4-11(13)18/h2-7,18H,1H3,(H,17,19). The van der Waals surface area contributed by atoms with Crippen LogP contribution in [0.25, 0.3) is 0 Å². The maximum absolute atomic E-state index is 13.5. The van der Waals surface area contributed by atoms with Crippen molar-refractivity contribution in [3.05, 3.63) is 53.6 Å². The maximum Gasteiger partial charge on any atom is 0.262 e. The molecule has 0 fully saturated rings. The van der Waals surface area contributed by atoms with Gasteiger partial charge < -0.3 is 15.2 Å². The van der Waals surface area contributed by atoms with E-state index in [1.54, 1.807) is 0 Å². The summed E-state index contributed by atoms with van der Waals surface area (Å²) in [4.78, 5) is 11.9. The van der Waals surface area contributed by atoms with E-state index in [0.717, 1.165) is 12.1 Å². The summed E-state index contributed by atoms with van der Waals surface area (Å²) in [7, 11) is 1.31. The average Bonchev–Trinajstić information content (AvgIpc) is 2.38. The minimum atomic E-state index is -0.870. The first-order chi connectivity index (χ1) is 9.52. The van der Waals surface area contributed by atoms with Crippen LogP contribution in [0.5, 0.6) is 11.5 Å². The van der Waals surface area contributed by atoms with Crippen LogP contribution in [0.4, 0.5) is 14.5 Å². The molecule has 0 radical (unpaired) electrons. The summed E-state index contributed by atoms with van der Waals surface area (Å²) in [5.41, 5.74) is -0.375. The predicted molar refractivity (Wildman–Crippen MR) is 69.0 cm³/mol. The fraction of sp³-hybridized carbons (Fsp3) is 0.0714. The molecule has 0 unspecified atom stereocenters. The number of nitrogens with one attached hydrogen (secondary N) is 1. The van der Waals surface area contributed by atoms with Gasteiger partial charge in [-0.3, -0.25) is 4.79 Å². The minimum absolute atomic E-state index is 0.0248. The first-order valence-electron chi connectivity index (χ1n) is 5.65. The van der Waals surface area contributed by atoms with Crippen LogP contribution in [0.15, 0.2) is 36.4 Å². The minimum Gasteiger partial charge on any atom is -0.507 e. The molecule has 0 saturated carbocycles. The maximum atomic E-state index is 13.5. The number of ether oxygens (including phenoxy) is 1. The number of methoxy groups -OCH3 is 1. The number of phenols is 1. The van der Waals surface area contributed by atoms with Crippen molar-refractivity contribution in [3.63, 3.8) is 0 Å². The fourth-order valence-electron chi connectivity index (χ4n) is 1.68. The van der Waals surface area contributed by atoms with E-state index in [1.165, 1.54) is 31.4 Å². The van der Waals surface area contributed by atoms with Crippen molar-refractivity contribution in [3.8, 4) is 11.5 Å². The topological polar surface area (TPSA) is 58.6 Å². The Morgan fingerprint density at radius 2 is 1.95 bits per heavy atom. The highest BCUT2D eigenvalue weighted by molar-refractivity contribution is 6.06. The third-order valence-electron chi connectivity index (χ3n) is 2.63. The number of hydrogen-bond donors (Lipinski definition) is 2. The summed E-state index contributed by atoms with van der Waals surface area (Å²) in [5.74, 6) is -2.86. The van der Waals surface area contributed by atoms with E-state index in [0.29, 0.717) is 0 Å². The summed E-state index contributed by atoms with van der Waals surface area (Å²) < 4.78 is 31.7. The molecule has 0 bridgehead atoms. The first-order valence-corrected chi connectivity index (χ1v) is 5.65. The predicted octanol–water partition coefficient (Wildman–Crippen LogP) is 2.93. The summed E-state index contributed by atoms with van der Waals surface area (Å²) >= 11 is 0. The second-order valence-electron chi connectivity index (χ2n) is 3.94. The second kappa shape index (κ2) is 5.56.